The zero-order chi connectivity index (χ0) is 14.7. The highest BCUT2D eigenvalue weighted by Gasteiger charge is 2.14. The van der Waals surface area contributed by atoms with Gasteiger partial charge in [-0.05, 0) is 24.3 Å². The number of aromatic carboxylic acids is 1. The zero-order valence-corrected chi connectivity index (χ0v) is 10.7. The molecule has 0 saturated carbocycles. The lowest BCUT2D eigenvalue weighted by atomic mass is 10.2. The molecule has 0 saturated heterocycles. The molecule has 0 aliphatic rings. The molecule has 0 unspecified atom stereocenters. The summed E-state index contributed by atoms with van der Waals surface area (Å²) < 4.78 is 13.5. The molecule has 0 atom stereocenters. The minimum absolute atomic E-state index is 0.123. The third-order valence-electron chi connectivity index (χ3n) is 2.47. The van der Waals surface area contributed by atoms with E-state index in [-0.39, 0.29) is 16.3 Å². The molecule has 2 N–H and O–H groups in total. The largest absolute Gasteiger partial charge is 0.478 e. The Labute approximate surface area is 118 Å². The highest BCUT2D eigenvalue weighted by atomic mass is 35.5. The Morgan fingerprint density at radius 2 is 2.00 bits per heavy atom. The molecule has 2 aromatic rings. The Bertz CT molecular complexity index is 691. The van der Waals surface area contributed by atoms with E-state index < -0.39 is 23.3 Å². The average Bonchev–Trinajstić information content (AvgIpc) is 2.38. The number of nitrogens with zero attached hydrogens (tertiary/aromatic N) is 1. The van der Waals surface area contributed by atoms with Gasteiger partial charge < -0.3 is 10.4 Å². The Morgan fingerprint density at radius 3 is 2.60 bits per heavy atom. The molecule has 0 spiro atoms. The van der Waals surface area contributed by atoms with Crippen molar-refractivity contribution < 1.29 is 19.1 Å². The third-order valence-corrected chi connectivity index (χ3v) is 2.80. The van der Waals surface area contributed by atoms with Gasteiger partial charge in [-0.25, -0.2) is 9.18 Å². The number of amides is 1. The van der Waals surface area contributed by atoms with Crippen LogP contribution in [-0.2, 0) is 0 Å². The van der Waals surface area contributed by atoms with Gasteiger partial charge in [0.1, 0.15) is 5.82 Å². The molecular weight excluding hydrogens is 287 g/mol. The van der Waals surface area contributed by atoms with E-state index in [0.29, 0.717) is 0 Å². The van der Waals surface area contributed by atoms with Crippen molar-refractivity contribution in [3.8, 4) is 0 Å². The van der Waals surface area contributed by atoms with E-state index in [2.05, 4.69) is 10.3 Å². The molecule has 7 heteroatoms. The van der Waals surface area contributed by atoms with Crippen LogP contribution >= 0.6 is 11.6 Å². The summed E-state index contributed by atoms with van der Waals surface area (Å²) >= 11 is 5.83. The van der Waals surface area contributed by atoms with Crippen molar-refractivity contribution >= 4 is 29.2 Å². The number of nitrogens with one attached hydrogen (secondary N) is 1. The van der Waals surface area contributed by atoms with Crippen molar-refractivity contribution in [3.63, 3.8) is 0 Å². The van der Waals surface area contributed by atoms with Gasteiger partial charge in [-0.15, -0.1) is 0 Å². The first kappa shape index (κ1) is 14.0. The summed E-state index contributed by atoms with van der Waals surface area (Å²) in [6.07, 6.45) is 2.71. The summed E-state index contributed by atoms with van der Waals surface area (Å²) in [6.45, 7) is 0. The van der Waals surface area contributed by atoms with Gasteiger partial charge in [-0.2, -0.15) is 0 Å². The van der Waals surface area contributed by atoms with Gasteiger partial charge in [-0.3, -0.25) is 9.78 Å². The van der Waals surface area contributed by atoms with E-state index in [1.165, 1.54) is 24.5 Å². The maximum atomic E-state index is 13.5. The Morgan fingerprint density at radius 1 is 1.25 bits per heavy atom. The summed E-state index contributed by atoms with van der Waals surface area (Å²) in [7, 11) is 0. The normalized spacial score (nSPS) is 10.1. The van der Waals surface area contributed by atoms with Crippen LogP contribution in [0.2, 0.25) is 5.02 Å². The van der Waals surface area contributed by atoms with Crippen molar-refractivity contribution in [2.45, 2.75) is 0 Å². The van der Waals surface area contributed by atoms with Gasteiger partial charge in [0.15, 0.2) is 0 Å². The summed E-state index contributed by atoms with van der Waals surface area (Å²) in [6, 6.07) is 4.73. The highest BCUT2D eigenvalue weighted by molar-refractivity contribution is 6.34. The maximum Gasteiger partial charge on any atom is 0.338 e. The van der Waals surface area contributed by atoms with Crippen molar-refractivity contribution in [2.24, 2.45) is 0 Å². The Kier molecular flexibility index (Phi) is 3.95. The molecule has 1 heterocycles. The number of carbonyl (C=O) groups excluding carboxylic acids is 1. The van der Waals surface area contributed by atoms with Crippen LogP contribution in [0.25, 0.3) is 0 Å². The van der Waals surface area contributed by atoms with E-state index in [9.17, 15) is 14.0 Å². The van der Waals surface area contributed by atoms with Crippen LogP contribution in [0.15, 0.2) is 36.7 Å². The van der Waals surface area contributed by atoms with E-state index in [4.69, 9.17) is 16.7 Å². The van der Waals surface area contributed by atoms with Crippen LogP contribution in [0.1, 0.15) is 20.7 Å². The molecular formula is C13H8ClFN2O3. The molecule has 1 amide bonds. The lowest BCUT2D eigenvalue weighted by Gasteiger charge is -2.07. The van der Waals surface area contributed by atoms with Crippen molar-refractivity contribution in [1.29, 1.82) is 0 Å². The number of carbonyl (C=O) groups is 2. The average molecular weight is 295 g/mol. The number of hydrogen-bond acceptors (Lipinski definition) is 3. The van der Waals surface area contributed by atoms with Crippen molar-refractivity contribution in [2.75, 3.05) is 5.32 Å². The van der Waals surface area contributed by atoms with Gasteiger partial charge in [0.2, 0.25) is 0 Å². The number of carboxylic acids is 1. The molecule has 0 aliphatic carbocycles. The second-order valence-corrected chi connectivity index (χ2v) is 4.22. The standard InChI is InChI=1S/C13H8ClFN2O3/c14-10-3-4-16-6-9(10)12(18)17-7-1-2-8(13(19)20)11(15)5-7/h1-6H,(H,17,18)(H,19,20). The Hall–Kier alpha value is -2.47. The number of rotatable bonds is 3. The van der Waals surface area contributed by atoms with Crippen LogP contribution in [0, 0.1) is 5.82 Å². The minimum atomic E-state index is -1.38. The van der Waals surface area contributed by atoms with E-state index >= 15 is 0 Å². The first-order valence-corrected chi connectivity index (χ1v) is 5.80. The number of halogens is 2. The number of hydrogen-bond donors (Lipinski definition) is 2. The number of anilines is 1. The summed E-state index contributed by atoms with van der Waals surface area (Å²) in [5, 5.41) is 11.3. The van der Waals surface area contributed by atoms with Gasteiger partial charge in [-0.1, -0.05) is 11.6 Å². The third kappa shape index (κ3) is 2.92. The predicted octanol–water partition coefficient (Wildman–Crippen LogP) is 2.82. The molecule has 0 bridgehead atoms. The van der Waals surface area contributed by atoms with Crippen molar-refractivity contribution in [3.05, 3.63) is 58.6 Å². The molecule has 5 nitrogen and oxygen atoms in total. The lowest BCUT2D eigenvalue weighted by molar-refractivity contribution is 0.0692. The van der Waals surface area contributed by atoms with E-state index in [0.717, 1.165) is 12.1 Å². The maximum absolute atomic E-state index is 13.5. The molecule has 102 valence electrons. The highest BCUT2D eigenvalue weighted by Crippen LogP contribution is 2.18. The van der Waals surface area contributed by atoms with E-state index in [1.54, 1.807) is 0 Å². The topological polar surface area (TPSA) is 79.3 Å². The van der Waals surface area contributed by atoms with Gasteiger partial charge in [0.05, 0.1) is 16.1 Å². The summed E-state index contributed by atoms with van der Waals surface area (Å²) in [5.41, 5.74) is -0.211. The van der Waals surface area contributed by atoms with Crippen LogP contribution in [0.3, 0.4) is 0 Å². The molecule has 2 rings (SSSR count). The SMILES string of the molecule is O=C(O)c1ccc(NC(=O)c2cnccc2Cl)cc1F. The molecule has 1 aromatic heterocycles. The van der Waals surface area contributed by atoms with E-state index in [1.807, 2.05) is 0 Å². The van der Waals surface area contributed by atoms with Crippen molar-refractivity contribution in [1.82, 2.24) is 4.98 Å². The van der Waals surface area contributed by atoms with Crippen LogP contribution in [0.4, 0.5) is 10.1 Å². The summed E-state index contributed by atoms with van der Waals surface area (Å²) in [4.78, 5) is 26.3. The van der Waals surface area contributed by atoms with Crippen LogP contribution in [-0.4, -0.2) is 22.0 Å². The second-order valence-electron chi connectivity index (χ2n) is 3.81. The zero-order valence-electron chi connectivity index (χ0n) is 9.93. The monoisotopic (exact) mass is 294 g/mol. The van der Waals surface area contributed by atoms with Crippen LogP contribution < -0.4 is 5.32 Å². The summed E-state index contributed by atoms with van der Waals surface area (Å²) in [5.74, 6) is -2.88. The van der Waals surface area contributed by atoms with Crippen LogP contribution in [0.5, 0.6) is 0 Å². The fourth-order valence-corrected chi connectivity index (χ4v) is 1.70. The first-order chi connectivity index (χ1) is 9.49. The quantitative estimate of drug-likeness (QED) is 0.912. The fraction of sp³-hybridized carbons (Fsp3) is 0. The number of benzene rings is 1. The predicted molar refractivity (Wildman–Crippen MR) is 70.6 cm³/mol. The lowest BCUT2D eigenvalue weighted by Crippen LogP contribution is -2.13. The molecule has 1 aromatic carbocycles. The molecule has 20 heavy (non-hydrogen) atoms. The number of pyridine rings is 1. The van der Waals surface area contributed by atoms with Gasteiger partial charge in [0, 0.05) is 18.1 Å². The smallest absolute Gasteiger partial charge is 0.338 e. The minimum Gasteiger partial charge on any atom is -0.478 e. The number of carboxylic acid groups (broad SMARTS) is 1. The Balaban J connectivity index is 2.23. The molecule has 0 fully saturated rings. The second kappa shape index (κ2) is 5.66. The molecule has 0 radical (unpaired) electrons. The van der Waals surface area contributed by atoms with Gasteiger partial charge >= 0.3 is 5.97 Å². The fourth-order valence-electron chi connectivity index (χ4n) is 1.51. The van der Waals surface area contributed by atoms with Gasteiger partial charge in [0.25, 0.3) is 5.91 Å². The number of aromatic nitrogens is 1. The molecule has 0 aliphatic heterocycles. The first-order valence-electron chi connectivity index (χ1n) is 5.42.